The van der Waals surface area contributed by atoms with Gasteiger partial charge in [0.2, 0.25) is 0 Å². The number of nitrogens with one attached hydrogen (secondary N) is 1. The summed E-state index contributed by atoms with van der Waals surface area (Å²) in [6.45, 7) is 6.66. The number of H-pyrrole nitrogens is 1. The van der Waals surface area contributed by atoms with Crippen LogP contribution < -0.4 is 5.56 Å². The minimum Gasteiger partial charge on any atom is -0.310 e. The zero-order valence-corrected chi connectivity index (χ0v) is 19.2. The van der Waals surface area contributed by atoms with Gasteiger partial charge in [0.15, 0.2) is 0 Å². The molecule has 1 N–H and O–H groups in total. The number of aryl methyl sites for hydroxylation is 1. The van der Waals surface area contributed by atoms with Crippen molar-refractivity contribution >= 4 is 0 Å². The second-order valence-electron chi connectivity index (χ2n) is 9.47. The molecule has 0 bridgehead atoms. The zero-order valence-electron chi connectivity index (χ0n) is 19.2. The average molecular weight is 429 g/mol. The van der Waals surface area contributed by atoms with Crippen molar-refractivity contribution in [2.45, 2.75) is 71.4 Å². The maximum absolute atomic E-state index is 12.9. The number of hydrogen-bond donors (Lipinski definition) is 1. The van der Waals surface area contributed by atoms with E-state index in [1.807, 2.05) is 6.20 Å². The molecule has 1 aromatic carbocycles. The second-order valence-corrected chi connectivity index (χ2v) is 9.47. The van der Waals surface area contributed by atoms with Crippen molar-refractivity contribution in [2.75, 3.05) is 6.54 Å². The Morgan fingerprint density at radius 2 is 1.94 bits per heavy atom. The van der Waals surface area contributed by atoms with Gasteiger partial charge in [-0.2, -0.15) is 0 Å². The molecule has 0 saturated heterocycles. The van der Waals surface area contributed by atoms with Crippen molar-refractivity contribution in [3.05, 3.63) is 80.7 Å². The highest BCUT2D eigenvalue weighted by Crippen LogP contribution is 2.31. The number of aromatic nitrogens is 3. The van der Waals surface area contributed by atoms with Crippen molar-refractivity contribution in [3.63, 3.8) is 0 Å². The third-order valence-electron chi connectivity index (χ3n) is 7.27. The van der Waals surface area contributed by atoms with Crippen LogP contribution in [0.3, 0.4) is 0 Å². The van der Waals surface area contributed by atoms with E-state index in [0.29, 0.717) is 12.5 Å². The molecule has 3 aromatic rings. The molecule has 1 fully saturated rings. The van der Waals surface area contributed by atoms with Crippen LogP contribution in [0.5, 0.6) is 0 Å². The molecule has 0 spiro atoms. The van der Waals surface area contributed by atoms with E-state index in [-0.39, 0.29) is 5.56 Å². The Balaban J connectivity index is 1.29. The Morgan fingerprint density at radius 1 is 1.09 bits per heavy atom. The fourth-order valence-electron chi connectivity index (χ4n) is 5.17. The van der Waals surface area contributed by atoms with Gasteiger partial charge in [-0.1, -0.05) is 43.5 Å². The summed E-state index contributed by atoms with van der Waals surface area (Å²) in [5.74, 6) is 1.36. The van der Waals surface area contributed by atoms with Crippen molar-refractivity contribution in [1.29, 1.82) is 0 Å². The maximum atomic E-state index is 12.9. The number of hydrogen-bond acceptors (Lipinski definition) is 4. The lowest BCUT2D eigenvalue weighted by Crippen LogP contribution is -2.36. The highest BCUT2D eigenvalue weighted by Gasteiger charge is 2.24. The Hall–Kier alpha value is -2.79. The van der Waals surface area contributed by atoms with Crippen LogP contribution in [0.4, 0.5) is 0 Å². The highest BCUT2D eigenvalue weighted by molar-refractivity contribution is 5.64. The smallest absolute Gasteiger partial charge is 0.255 e. The summed E-state index contributed by atoms with van der Waals surface area (Å²) >= 11 is 0. The van der Waals surface area contributed by atoms with Crippen molar-refractivity contribution in [2.24, 2.45) is 0 Å². The Morgan fingerprint density at radius 3 is 2.72 bits per heavy atom. The lowest BCUT2D eigenvalue weighted by atomic mass is 9.88. The third-order valence-corrected chi connectivity index (χ3v) is 7.27. The minimum absolute atomic E-state index is 0.0590. The molecule has 0 radical (unpaired) electrons. The summed E-state index contributed by atoms with van der Waals surface area (Å²) < 4.78 is 0. The van der Waals surface area contributed by atoms with E-state index < -0.39 is 0 Å². The van der Waals surface area contributed by atoms with Gasteiger partial charge in [-0.3, -0.25) is 14.7 Å². The van der Waals surface area contributed by atoms with Crippen LogP contribution in [-0.2, 0) is 19.5 Å². The second kappa shape index (κ2) is 8.99. The summed E-state index contributed by atoms with van der Waals surface area (Å²) in [6, 6.07) is 10.6. The van der Waals surface area contributed by atoms with Gasteiger partial charge in [-0.25, -0.2) is 4.98 Å². The zero-order chi connectivity index (χ0) is 22.1. The average Bonchev–Trinajstić information content (AvgIpc) is 2.82. The minimum atomic E-state index is 0.0590. The van der Waals surface area contributed by atoms with E-state index in [2.05, 4.69) is 54.1 Å². The fourth-order valence-corrected chi connectivity index (χ4v) is 5.17. The maximum Gasteiger partial charge on any atom is 0.255 e. The van der Waals surface area contributed by atoms with Gasteiger partial charge in [0.25, 0.3) is 5.56 Å². The number of fused-ring (bicyclic) bond motifs is 1. The fraction of sp³-hybridized carbons (Fsp3) is 0.444. The van der Waals surface area contributed by atoms with Crippen LogP contribution in [0.25, 0.3) is 11.3 Å². The molecule has 5 nitrogen and oxygen atoms in total. The number of nitrogens with zero attached hydrogens (tertiary/aromatic N) is 3. The van der Waals surface area contributed by atoms with Gasteiger partial charge in [0.1, 0.15) is 5.82 Å². The van der Waals surface area contributed by atoms with E-state index in [1.165, 1.54) is 41.5 Å². The molecule has 1 aliphatic carbocycles. The first kappa shape index (κ1) is 21.1. The van der Waals surface area contributed by atoms with E-state index in [4.69, 9.17) is 9.97 Å². The molecule has 5 heteroatoms. The third kappa shape index (κ3) is 4.26. The molecule has 2 aromatic heterocycles. The summed E-state index contributed by atoms with van der Waals surface area (Å²) in [4.78, 5) is 27.9. The standard InChI is InChI=1S/C27H32N4O/c1-18-7-6-10-22(19(18)2)24-12-11-20(15-28-24)16-31-14-13-25-23(17-31)27(32)30-26(29-25)21-8-4-3-5-9-21/h6-7,10-12,15,21H,3-5,8-9,13-14,16-17H2,1-2H3,(H,29,30,32). The summed E-state index contributed by atoms with van der Waals surface area (Å²) in [6.07, 6.45) is 8.91. The number of benzene rings is 1. The van der Waals surface area contributed by atoms with Crippen LogP contribution >= 0.6 is 0 Å². The SMILES string of the molecule is Cc1cccc(-c2ccc(CN3CCc4nc(C5CCCCC5)[nH]c(=O)c4C3)cn2)c1C. The first-order valence-corrected chi connectivity index (χ1v) is 11.9. The molecule has 0 atom stereocenters. The predicted octanol–water partition coefficient (Wildman–Crippen LogP) is 5.05. The topological polar surface area (TPSA) is 61.9 Å². The molecule has 166 valence electrons. The first-order valence-electron chi connectivity index (χ1n) is 11.9. The van der Waals surface area contributed by atoms with Gasteiger partial charge in [-0.15, -0.1) is 0 Å². The molecule has 5 rings (SSSR count). The largest absolute Gasteiger partial charge is 0.310 e. The van der Waals surface area contributed by atoms with Crippen LogP contribution in [0, 0.1) is 13.8 Å². The summed E-state index contributed by atoms with van der Waals surface area (Å²) in [7, 11) is 0. The molecule has 1 aliphatic heterocycles. The van der Waals surface area contributed by atoms with E-state index in [9.17, 15) is 4.79 Å². The number of aromatic amines is 1. The van der Waals surface area contributed by atoms with Crippen LogP contribution in [0.2, 0.25) is 0 Å². The first-order chi connectivity index (χ1) is 15.6. The van der Waals surface area contributed by atoms with Gasteiger partial charge in [0, 0.05) is 43.7 Å². The number of pyridine rings is 1. The van der Waals surface area contributed by atoms with E-state index in [0.717, 1.165) is 55.1 Å². The van der Waals surface area contributed by atoms with E-state index >= 15 is 0 Å². The lowest BCUT2D eigenvalue weighted by molar-refractivity contribution is 0.240. The Labute approximate surface area is 189 Å². The van der Waals surface area contributed by atoms with Gasteiger partial charge < -0.3 is 4.98 Å². The molecule has 3 heterocycles. The highest BCUT2D eigenvalue weighted by atomic mass is 16.1. The molecular formula is C27H32N4O. The Kier molecular flexibility index (Phi) is 5.92. The van der Waals surface area contributed by atoms with E-state index in [1.54, 1.807) is 0 Å². The van der Waals surface area contributed by atoms with Gasteiger partial charge in [0.05, 0.1) is 17.0 Å². The summed E-state index contributed by atoms with van der Waals surface area (Å²) in [5, 5.41) is 0. The van der Waals surface area contributed by atoms with Gasteiger partial charge >= 0.3 is 0 Å². The van der Waals surface area contributed by atoms with Crippen molar-refractivity contribution in [3.8, 4) is 11.3 Å². The van der Waals surface area contributed by atoms with Crippen LogP contribution in [-0.4, -0.2) is 26.4 Å². The number of rotatable bonds is 4. The molecule has 1 saturated carbocycles. The lowest BCUT2D eigenvalue weighted by Gasteiger charge is -2.29. The monoisotopic (exact) mass is 428 g/mol. The molecular weight excluding hydrogens is 396 g/mol. The molecule has 2 aliphatic rings. The molecule has 0 unspecified atom stereocenters. The normalized spacial score (nSPS) is 17.3. The molecule has 32 heavy (non-hydrogen) atoms. The van der Waals surface area contributed by atoms with Crippen LogP contribution in [0.1, 0.15) is 71.8 Å². The van der Waals surface area contributed by atoms with Crippen molar-refractivity contribution < 1.29 is 0 Å². The van der Waals surface area contributed by atoms with Gasteiger partial charge in [-0.05, 0) is 49.4 Å². The summed E-state index contributed by atoms with van der Waals surface area (Å²) in [5.41, 5.74) is 7.84. The quantitative estimate of drug-likeness (QED) is 0.631. The predicted molar refractivity (Wildman–Crippen MR) is 128 cm³/mol. The van der Waals surface area contributed by atoms with Crippen LogP contribution in [0.15, 0.2) is 41.3 Å². The van der Waals surface area contributed by atoms with Crippen molar-refractivity contribution in [1.82, 2.24) is 19.9 Å². The molecule has 0 amide bonds. The Bertz CT molecular complexity index is 1160.